The predicted octanol–water partition coefficient (Wildman–Crippen LogP) is 5.64. The van der Waals surface area contributed by atoms with Crippen LogP contribution in [0.3, 0.4) is 0 Å². The molecule has 0 radical (unpaired) electrons. The molecule has 122 valence electrons. The number of nitrogens with zero attached hydrogens (tertiary/aromatic N) is 2. The molecule has 0 aliphatic rings. The number of aryl methyl sites for hydroxylation is 1. The monoisotopic (exact) mass is 352 g/mol. The largest absolute Gasteiger partial charge is 0.366 e. The molecule has 2 aromatic rings. The fourth-order valence-corrected chi connectivity index (χ4v) is 2.56. The van der Waals surface area contributed by atoms with Crippen LogP contribution in [-0.2, 0) is 6.42 Å². The molecule has 0 unspecified atom stereocenters. The lowest BCUT2D eigenvalue weighted by Gasteiger charge is -2.12. The van der Waals surface area contributed by atoms with Crippen LogP contribution in [0, 0.1) is 12.7 Å². The van der Waals surface area contributed by atoms with Crippen LogP contribution in [0.1, 0.15) is 23.6 Å². The van der Waals surface area contributed by atoms with Gasteiger partial charge in [0.1, 0.15) is 5.82 Å². The predicted molar refractivity (Wildman–Crippen MR) is 96.9 cm³/mol. The molecular weight excluding hydrogens is 334 g/mol. The van der Waals surface area contributed by atoms with Gasteiger partial charge in [-0.05, 0) is 48.7 Å². The van der Waals surface area contributed by atoms with Crippen LogP contribution in [-0.4, -0.2) is 24.8 Å². The molecule has 0 N–H and O–H groups in total. The zero-order valence-corrected chi connectivity index (χ0v) is 14.9. The number of hydrogen-bond acceptors (Lipinski definition) is 1. The van der Waals surface area contributed by atoms with Crippen LogP contribution < -0.4 is 0 Å². The third kappa shape index (κ3) is 4.46. The van der Waals surface area contributed by atoms with Crippen molar-refractivity contribution in [2.75, 3.05) is 13.6 Å². The normalized spacial score (nSPS) is 11.2. The minimum Gasteiger partial charge on any atom is -0.366 e. The molecule has 0 amide bonds. The molecule has 0 atom stereocenters. The van der Waals surface area contributed by atoms with Crippen molar-refractivity contribution >= 4 is 35.2 Å². The summed E-state index contributed by atoms with van der Waals surface area (Å²) in [7, 11) is 1.94. The number of rotatable bonds is 5. The fourth-order valence-electron chi connectivity index (χ4n) is 2.13. The van der Waals surface area contributed by atoms with Crippen molar-refractivity contribution in [1.29, 1.82) is 0 Å². The maximum Gasteiger partial charge on any atom is 0.145 e. The average molecular weight is 353 g/mol. The van der Waals surface area contributed by atoms with E-state index in [1.165, 1.54) is 0 Å². The molecule has 23 heavy (non-hydrogen) atoms. The van der Waals surface area contributed by atoms with Gasteiger partial charge < -0.3 is 4.90 Å². The van der Waals surface area contributed by atoms with Crippen molar-refractivity contribution in [3.05, 3.63) is 62.9 Å². The second-order valence-corrected chi connectivity index (χ2v) is 6.25. The first-order valence-corrected chi connectivity index (χ1v) is 8.14. The summed E-state index contributed by atoms with van der Waals surface area (Å²) >= 11 is 12.1. The highest BCUT2D eigenvalue weighted by molar-refractivity contribution is 6.33. The van der Waals surface area contributed by atoms with Gasteiger partial charge in [0.25, 0.3) is 0 Å². The summed E-state index contributed by atoms with van der Waals surface area (Å²) in [5.74, 6) is -0.378. The first-order chi connectivity index (χ1) is 10.9. The molecule has 0 fully saturated rings. The summed E-state index contributed by atoms with van der Waals surface area (Å²) in [6.45, 7) is 4.88. The van der Waals surface area contributed by atoms with Gasteiger partial charge in [0.05, 0.1) is 22.1 Å². The molecular formula is C18H19Cl2FN2. The maximum absolute atomic E-state index is 14.1. The first kappa shape index (κ1) is 17.8. The lowest BCUT2D eigenvalue weighted by molar-refractivity contribution is 0.552. The molecule has 0 aromatic heterocycles. The molecule has 0 heterocycles. The summed E-state index contributed by atoms with van der Waals surface area (Å²) in [5.41, 5.74) is 3.23. The van der Waals surface area contributed by atoms with Crippen molar-refractivity contribution in [1.82, 2.24) is 4.90 Å². The van der Waals surface area contributed by atoms with E-state index in [-0.39, 0.29) is 10.8 Å². The number of aliphatic imine (C=N–C) groups is 1. The zero-order valence-electron chi connectivity index (χ0n) is 13.4. The van der Waals surface area contributed by atoms with Gasteiger partial charge in [-0.25, -0.2) is 9.38 Å². The van der Waals surface area contributed by atoms with Gasteiger partial charge in [-0.15, -0.1) is 0 Å². The van der Waals surface area contributed by atoms with Crippen molar-refractivity contribution < 1.29 is 4.39 Å². The first-order valence-electron chi connectivity index (χ1n) is 7.38. The summed E-state index contributed by atoms with van der Waals surface area (Å²) in [6, 6.07) is 8.78. The van der Waals surface area contributed by atoms with E-state index in [1.54, 1.807) is 24.5 Å². The highest BCUT2D eigenvalue weighted by Gasteiger charge is 2.11. The number of benzene rings is 2. The van der Waals surface area contributed by atoms with Crippen LogP contribution in [0.5, 0.6) is 0 Å². The summed E-state index contributed by atoms with van der Waals surface area (Å²) in [5, 5.41) is 0.684. The molecule has 0 spiro atoms. The third-order valence-corrected chi connectivity index (χ3v) is 4.31. The van der Waals surface area contributed by atoms with E-state index < -0.39 is 0 Å². The molecule has 0 aliphatic carbocycles. The van der Waals surface area contributed by atoms with Crippen LogP contribution in [0.2, 0.25) is 10.0 Å². The Morgan fingerprint density at radius 2 is 1.91 bits per heavy atom. The molecule has 5 heteroatoms. The Balaban J connectivity index is 2.30. The van der Waals surface area contributed by atoms with Gasteiger partial charge >= 0.3 is 0 Å². The van der Waals surface area contributed by atoms with Gasteiger partial charge in [-0.2, -0.15) is 0 Å². The zero-order chi connectivity index (χ0) is 17.0. The number of halogens is 3. The van der Waals surface area contributed by atoms with Crippen LogP contribution in [0.4, 0.5) is 10.1 Å². The topological polar surface area (TPSA) is 15.6 Å². The van der Waals surface area contributed by atoms with E-state index in [2.05, 4.69) is 4.99 Å². The fraction of sp³-hybridized carbons (Fsp3) is 0.278. The van der Waals surface area contributed by atoms with Gasteiger partial charge in [-0.3, -0.25) is 0 Å². The van der Waals surface area contributed by atoms with Crippen LogP contribution in [0.25, 0.3) is 0 Å². The van der Waals surface area contributed by atoms with Gasteiger partial charge in [-0.1, -0.05) is 35.3 Å². The molecule has 0 saturated heterocycles. The van der Waals surface area contributed by atoms with E-state index in [9.17, 15) is 4.39 Å². The van der Waals surface area contributed by atoms with Crippen molar-refractivity contribution in [3.63, 3.8) is 0 Å². The Kier molecular flexibility index (Phi) is 6.03. The Hall–Kier alpha value is -1.58. The van der Waals surface area contributed by atoms with Crippen LogP contribution >= 0.6 is 23.2 Å². The van der Waals surface area contributed by atoms with E-state index >= 15 is 0 Å². The van der Waals surface area contributed by atoms with E-state index in [0.717, 1.165) is 17.7 Å². The van der Waals surface area contributed by atoms with Crippen molar-refractivity contribution in [3.8, 4) is 0 Å². The van der Waals surface area contributed by atoms with Gasteiger partial charge in [0.2, 0.25) is 0 Å². The van der Waals surface area contributed by atoms with Crippen molar-refractivity contribution in [2.45, 2.75) is 20.3 Å². The molecule has 0 bridgehead atoms. The minimum absolute atomic E-state index is 0.134. The Bertz CT molecular complexity index is 729. The summed E-state index contributed by atoms with van der Waals surface area (Å²) in [6.07, 6.45) is 2.19. The van der Waals surface area contributed by atoms with E-state index in [1.807, 2.05) is 37.9 Å². The SMILES string of the molecule is CCN(C)C=Nc1cc(C)c(Cc2cccc(Cl)c2F)cc1Cl. The van der Waals surface area contributed by atoms with Crippen LogP contribution in [0.15, 0.2) is 35.3 Å². The standard InChI is InChI=1S/C18H19Cl2FN2/c1-4-23(3)11-22-17-8-12(2)14(10-16(17)20)9-13-6-5-7-15(19)18(13)21/h5-8,10-11H,4,9H2,1-3H3. The average Bonchev–Trinajstić information content (AvgIpc) is 2.53. The summed E-state index contributed by atoms with van der Waals surface area (Å²) in [4.78, 5) is 6.35. The Morgan fingerprint density at radius 3 is 2.61 bits per heavy atom. The minimum atomic E-state index is -0.378. The highest BCUT2D eigenvalue weighted by atomic mass is 35.5. The van der Waals surface area contributed by atoms with E-state index in [0.29, 0.717) is 22.7 Å². The van der Waals surface area contributed by atoms with Crippen molar-refractivity contribution in [2.24, 2.45) is 4.99 Å². The quantitative estimate of drug-likeness (QED) is 0.501. The van der Waals surface area contributed by atoms with Gasteiger partial charge in [0.15, 0.2) is 0 Å². The maximum atomic E-state index is 14.1. The molecule has 0 saturated carbocycles. The second kappa shape index (κ2) is 7.80. The smallest absolute Gasteiger partial charge is 0.145 e. The highest BCUT2D eigenvalue weighted by Crippen LogP contribution is 2.30. The molecule has 2 nitrogen and oxygen atoms in total. The lowest BCUT2D eigenvalue weighted by atomic mass is 9.99. The van der Waals surface area contributed by atoms with Gasteiger partial charge in [0, 0.05) is 20.0 Å². The molecule has 2 aromatic carbocycles. The lowest BCUT2D eigenvalue weighted by Crippen LogP contribution is -2.14. The second-order valence-electron chi connectivity index (χ2n) is 5.44. The molecule has 2 rings (SSSR count). The summed E-state index contributed by atoms with van der Waals surface area (Å²) < 4.78 is 14.1. The third-order valence-electron chi connectivity index (χ3n) is 3.71. The Morgan fingerprint density at radius 1 is 1.17 bits per heavy atom. The molecule has 0 aliphatic heterocycles. The van der Waals surface area contributed by atoms with E-state index in [4.69, 9.17) is 23.2 Å². The number of hydrogen-bond donors (Lipinski definition) is 0. The Labute approximate surface area is 146 Å².